The molecule has 4 fully saturated rings. The van der Waals surface area contributed by atoms with E-state index in [1.165, 1.54) is 64.2 Å². The molecule has 5 aliphatic rings. The lowest BCUT2D eigenvalue weighted by molar-refractivity contribution is -0.152. The molecule has 3 saturated carbocycles. The maximum absolute atomic E-state index is 12.9. The summed E-state index contributed by atoms with van der Waals surface area (Å²) >= 11 is 0. The SMILES string of the molecule is CC(C)CCC[C@@H](C)[C@H]1CCC2C3CC=C4C[C@@H](OC(=O)CCN5CC(C)CC(C)C5)CC[C@]4(C)C3CC[C@@]21C.Cl. The van der Waals surface area contributed by atoms with Crippen LogP contribution in [0.1, 0.15) is 132 Å². The normalized spacial score (nSPS) is 41.5. The van der Waals surface area contributed by atoms with Gasteiger partial charge in [0.2, 0.25) is 0 Å². The van der Waals surface area contributed by atoms with Crippen molar-refractivity contribution in [1.29, 1.82) is 0 Å². The van der Waals surface area contributed by atoms with Gasteiger partial charge in [0.1, 0.15) is 6.10 Å². The molecule has 0 N–H and O–H groups in total. The molecule has 236 valence electrons. The summed E-state index contributed by atoms with van der Waals surface area (Å²) in [6, 6.07) is 0. The summed E-state index contributed by atoms with van der Waals surface area (Å²) in [4.78, 5) is 15.3. The summed E-state index contributed by atoms with van der Waals surface area (Å²) in [6.45, 7) is 20.4. The quantitative estimate of drug-likeness (QED) is 0.198. The number of esters is 1. The molecule has 1 saturated heterocycles. The van der Waals surface area contributed by atoms with Crippen LogP contribution < -0.4 is 0 Å². The third kappa shape index (κ3) is 7.08. The van der Waals surface area contributed by atoms with E-state index in [2.05, 4.69) is 59.4 Å². The first-order valence-electron chi connectivity index (χ1n) is 17.6. The smallest absolute Gasteiger partial charge is 0.307 e. The molecule has 0 radical (unpaired) electrons. The van der Waals surface area contributed by atoms with Gasteiger partial charge in [-0.3, -0.25) is 4.79 Å². The van der Waals surface area contributed by atoms with E-state index in [0.29, 0.717) is 17.3 Å². The molecule has 4 heteroatoms. The van der Waals surface area contributed by atoms with Crippen molar-refractivity contribution in [2.24, 2.45) is 58.2 Å². The van der Waals surface area contributed by atoms with E-state index < -0.39 is 0 Å². The van der Waals surface area contributed by atoms with Crippen molar-refractivity contribution >= 4 is 18.4 Å². The number of rotatable bonds is 9. The van der Waals surface area contributed by atoms with E-state index in [9.17, 15) is 4.79 Å². The van der Waals surface area contributed by atoms with Gasteiger partial charge in [-0.05, 0) is 110 Å². The van der Waals surface area contributed by atoms with Gasteiger partial charge in [0.25, 0.3) is 0 Å². The zero-order valence-corrected chi connectivity index (χ0v) is 28.6. The molecule has 0 spiro atoms. The van der Waals surface area contributed by atoms with E-state index in [4.69, 9.17) is 4.74 Å². The molecule has 4 aliphatic carbocycles. The lowest BCUT2D eigenvalue weighted by atomic mass is 9.47. The topological polar surface area (TPSA) is 29.5 Å². The number of allylic oxidation sites excluding steroid dienone is 1. The number of ether oxygens (including phenoxy) is 1. The van der Waals surface area contributed by atoms with Crippen molar-refractivity contribution in [2.75, 3.05) is 19.6 Å². The van der Waals surface area contributed by atoms with Crippen LogP contribution in [-0.4, -0.2) is 36.6 Å². The first-order valence-corrected chi connectivity index (χ1v) is 17.6. The molecule has 10 atom stereocenters. The molecule has 0 aromatic heterocycles. The summed E-state index contributed by atoms with van der Waals surface area (Å²) in [5.41, 5.74) is 2.52. The molecular formula is C37H64ClNO2. The number of halogens is 1. The minimum Gasteiger partial charge on any atom is -0.462 e. The largest absolute Gasteiger partial charge is 0.462 e. The summed E-state index contributed by atoms with van der Waals surface area (Å²) in [7, 11) is 0. The van der Waals surface area contributed by atoms with Gasteiger partial charge in [-0.1, -0.05) is 79.4 Å². The Hall–Kier alpha value is -0.540. The minimum absolute atomic E-state index is 0. The Kier molecular flexibility index (Phi) is 11.1. The van der Waals surface area contributed by atoms with Gasteiger partial charge in [0.15, 0.2) is 0 Å². The molecule has 0 bridgehead atoms. The highest BCUT2D eigenvalue weighted by atomic mass is 35.5. The Bertz CT molecular complexity index is 907. The first kappa shape index (κ1) is 33.4. The van der Waals surface area contributed by atoms with Crippen LogP contribution in [0, 0.1) is 58.2 Å². The number of hydrogen-bond donors (Lipinski definition) is 0. The second-order valence-corrected chi connectivity index (χ2v) is 16.6. The third-order valence-corrected chi connectivity index (χ3v) is 13.1. The van der Waals surface area contributed by atoms with Gasteiger partial charge in [-0.2, -0.15) is 0 Å². The fourth-order valence-electron chi connectivity index (χ4n) is 11.2. The molecule has 3 nitrogen and oxygen atoms in total. The standard InChI is InChI=1S/C37H63NO2.ClH/c1-25(2)9-8-10-28(5)32-13-14-33-31-12-11-29-22-30(15-18-36(29,6)34(31)16-19-37(32,33)7)40-35(39)17-20-38-23-26(3)21-27(4)24-38;/h11,25-28,30-34H,8-10,12-24H2,1-7H3;1H/t26?,27?,28-,30+,31?,32-,33?,34?,36+,37-;/m1./s1. The van der Waals surface area contributed by atoms with Gasteiger partial charge in [0.05, 0.1) is 6.42 Å². The summed E-state index contributed by atoms with van der Waals surface area (Å²) < 4.78 is 6.13. The van der Waals surface area contributed by atoms with E-state index in [1.54, 1.807) is 5.57 Å². The molecule has 5 rings (SSSR count). The Morgan fingerprint density at radius 3 is 2.44 bits per heavy atom. The molecule has 41 heavy (non-hydrogen) atoms. The lowest BCUT2D eigenvalue weighted by Gasteiger charge is -2.58. The number of piperidine rings is 1. The maximum atomic E-state index is 12.9. The van der Waals surface area contributed by atoms with Crippen LogP contribution in [0.4, 0.5) is 0 Å². The highest BCUT2D eigenvalue weighted by Crippen LogP contribution is 2.67. The number of fused-ring (bicyclic) bond motifs is 5. The number of carbonyl (C=O) groups excluding carboxylic acids is 1. The van der Waals surface area contributed by atoms with Gasteiger partial charge in [0, 0.05) is 26.1 Å². The van der Waals surface area contributed by atoms with Crippen molar-refractivity contribution in [3.8, 4) is 0 Å². The van der Waals surface area contributed by atoms with Crippen molar-refractivity contribution in [3.05, 3.63) is 11.6 Å². The van der Waals surface area contributed by atoms with Crippen LogP contribution in [0.5, 0.6) is 0 Å². The fraction of sp³-hybridized carbons (Fsp3) is 0.919. The molecule has 0 aromatic rings. The van der Waals surface area contributed by atoms with Gasteiger partial charge in [-0.15, -0.1) is 12.4 Å². The Morgan fingerprint density at radius 2 is 1.73 bits per heavy atom. The van der Waals surface area contributed by atoms with Crippen molar-refractivity contribution in [1.82, 2.24) is 4.90 Å². The van der Waals surface area contributed by atoms with Crippen LogP contribution in [0.25, 0.3) is 0 Å². The molecule has 0 aromatic carbocycles. The van der Waals surface area contributed by atoms with Crippen LogP contribution >= 0.6 is 12.4 Å². The minimum atomic E-state index is 0. The molecule has 0 amide bonds. The summed E-state index contributed by atoms with van der Waals surface area (Å²) in [6.07, 6.45) is 19.1. The predicted octanol–water partition coefficient (Wildman–Crippen LogP) is 9.73. The summed E-state index contributed by atoms with van der Waals surface area (Å²) in [5.74, 6) is 6.76. The number of likely N-dealkylation sites (tertiary alicyclic amines) is 1. The third-order valence-electron chi connectivity index (χ3n) is 13.1. The number of nitrogens with zero attached hydrogens (tertiary/aromatic N) is 1. The molecular weight excluding hydrogens is 526 g/mol. The Balaban J connectivity index is 0.00000387. The number of hydrogen-bond acceptors (Lipinski definition) is 3. The average molecular weight is 590 g/mol. The second kappa shape index (κ2) is 13.6. The highest BCUT2D eigenvalue weighted by Gasteiger charge is 2.59. The van der Waals surface area contributed by atoms with E-state index in [1.807, 2.05) is 0 Å². The van der Waals surface area contributed by atoms with E-state index in [-0.39, 0.29) is 24.5 Å². The summed E-state index contributed by atoms with van der Waals surface area (Å²) in [5, 5.41) is 0. The fourth-order valence-corrected chi connectivity index (χ4v) is 11.2. The van der Waals surface area contributed by atoms with E-state index >= 15 is 0 Å². The van der Waals surface area contributed by atoms with Crippen molar-refractivity contribution in [3.63, 3.8) is 0 Å². The highest BCUT2D eigenvalue weighted by molar-refractivity contribution is 5.85. The van der Waals surface area contributed by atoms with Crippen LogP contribution in [-0.2, 0) is 9.53 Å². The van der Waals surface area contributed by atoms with Gasteiger partial charge >= 0.3 is 5.97 Å². The van der Waals surface area contributed by atoms with E-state index in [0.717, 1.165) is 79.8 Å². The van der Waals surface area contributed by atoms with Crippen molar-refractivity contribution < 1.29 is 9.53 Å². The second-order valence-electron chi connectivity index (χ2n) is 16.6. The Labute approximate surface area is 259 Å². The lowest BCUT2D eigenvalue weighted by Crippen LogP contribution is -2.51. The predicted molar refractivity (Wildman–Crippen MR) is 174 cm³/mol. The zero-order chi connectivity index (χ0) is 28.7. The zero-order valence-electron chi connectivity index (χ0n) is 27.8. The van der Waals surface area contributed by atoms with Crippen LogP contribution in [0.2, 0.25) is 0 Å². The molecule has 1 heterocycles. The average Bonchev–Trinajstić information content (AvgIpc) is 3.24. The molecule has 1 aliphatic heterocycles. The first-order chi connectivity index (χ1) is 19.0. The number of carbonyl (C=O) groups is 1. The van der Waals surface area contributed by atoms with Crippen LogP contribution in [0.3, 0.4) is 0 Å². The van der Waals surface area contributed by atoms with Gasteiger partial charge in [-0.25, -0.2) is 0 Å². The monoisotopic (exact) mass is 589 g/mol. The van der Waals surface area contributed by atoms with Crippen molar-refractivity contribution in [2.45, 2.75) is 138 Å². The van der Waals surface area contributed by atoms with Gasteiger partial charge < -0.3 is 9.64 Å². The van der Waals surface area contributed by atoms with Crippen LogP contribution in [0.15, 0.2) is 11.6 Å². The maximum Gasteiger partial charge on any atom is 0.307 e. The Morgan fingerprint density at radius 1 is 1.00 bits per heavy atom. The molecule has 5 unspecified atom stereocenters.